The van der Waals surface area contributed by atoms with Crippen LogP contribution in [0.2, 0.25) is 5.02 Å². The number of benzene rings is 2. The lowest BCUT2D eigenvalue weighted by molar-refractivity contribution is 0.0934. The number of carbonyl (C=O) groups excluding carboxylic acids is 1. The molecule has 4 heteroatoms. The van der Waals surface area contributed by atoms with Gasteiger partial charge in [-0.3, -0.25) is 4.79 Å². The number of hydrogen-bond donors (Lipinski definition) is 1. The van der Waals surface area contributed by atoms with Crippen molar-refractivity contribution in [3.8, 4) is 0 Å². The van der Waals surface area contributed by atoms with Crippen LogP contribution in [-0.2, 0) is 0 Å². The summed E-state index contributed by atoms with van der Waals surface area (Å²) < 4.78 is 0.841. The summed E-state index contributed by atoms with van der Waals surface area (Å²) in [5.41, 5.74) is 2.75. The molecular formula is C17H17BrClNO. The van der Waals surface area contributed by atoms with Crippen LogP contribution in [0.15, 0.2) is 46.9 Å². The third kappa shape index (κ3) is 3.86. The van der Waals surface area contributed by atoms with Gasteiger partial charge in [0.05, 0.1) is 11.6 Å². The third-order valence-electron chi connectivity index (χ3n) is 3.42. The van der Waals surface area contributed by atoms with Gasteiger partial charge in [-0.25, -0.2) is 0 Å². The van der Waals surface area contributed by atoms with Gasteiger partial charge in [-0.15, -0.1) is 0 Å². The number of hydrogen-bond acceptors (Lipinski definition) is 1. The van der Waals surface area contributed by atoms with Gasteiger partial charge < -0.3 is 5.32 Å². The Hall–Kier alpha value is -1.32. The van der Waals surface area contributed by atoms with Gasteiger partial charge in [-0.2, -0.15) is 0 Å². The van der Waals surface area contributed by atoms with Crippen LogP contribution in [0.1, 0.15) is 40.9 Å². The van der Waals surface area contributed by atoms with Gasteiger partial charge in [0.1, 0.15) is 0 Å². The van der Waals surface area contributed by atoms with E-state index in [0.29, 0.717) is 10.6 Å². The molecule has 0 aliphatic heterocycles. The van der Waals surface area contributed by atoms with Gasteiger partial charge >= 0.3 is 0 Å². The molecule has 0 bridgehead atoms. The van der Waals surface area contributed by atoms with Crippen LogP contribution in [0.5, 0.6) is 0 Å². The number of amides is 1. The first-order valence-corrected chi connectivity index (χ1v) is 8.01. The predicted molar refractivity (Wildman–Crippen MR) is 90.8 cm³/mol. The van der Waals surface area contributed by atoms with Gasteiger partial charge in [-0.1, -0.05) is 42.8 Å². The normalized spacial score (nSPS) is 12.0. The van der Waals surface area contributed by atoms with E-state index in [-0.39, 0.29) is 11.9 Å². The van der Waals surface area contributed by atoms with E-state index in [4.69, 9.17) is 11.6 Å². The Labute approximate surface area is 138 Å². The number of carbonyl (C=O) groups is 1. The van der Waals surface area contributed by atoms with E-state index in [2.05, 4.69) is 21.2 Å². The van der Waals surface area contributed by atoms with Crippen molar-refractivity contribution < 1.29 is 4.79 Å². The maximum absolute atomic E-state index is 12.5. The molecule has 2 aromatic carbocycles. The molecule has 0 aromatic heterocycles. The van der Waals surface area contributed by atoms with Gasteiger partial charge in [0.25, 0.3) is 5.91 Å². The molecule has 1 N–H and O–H groups in total. The summed E-state index contributed by atoms with van der Waals surface area (Å²) in [6.45, 7) is 4.02. The SMILES string of the molecule is CCC(NC(=O)c1cccc(C)c1Br)c1ccc(Cl)cc1. The average Bonchev–Trinajstić information content (AvgIpc) is 2.48. The molecular weight excluding hydrogens is 350 g/mol. The Balaban J connectivity index is 2.20. The molecule has 0 fully saturated rings. The number of nitrogens with one attached hydrogen (secondary N) is 1. The van der Waals surface area contributed by atoms with Crippen LogP contribution in [0, 0.1) is 6.92 Å². The maximum Gasteiger partial charge on any atom is 0.252 e. The molecule has 2 aromatic rings. The van der Waals surface area contributed by atoms with Crippen molar-refractivity contribution in [1.82, 2.24) is 5.32 Å². The molecule has 0 heterocycles. The van der Waals surface area contributed by atoms with E-state index in [1.54, 1.807) is 0 Å². The number of halogens is 2. The Morgan fingerprint density at radius 2 is 1.90 bits per heavy atom. The third-order valence-corrected chi connectivity index (χ3v) is 4.73. The number of rotatable bonds is 4. The van der Waals surface area contributed by atoms with Gasteiger partial charge in [-0.05, 0) is 58.6 Å². The molecule has 1 atom stereocenters. The molecule has 2 rings (SSSR count). The Kier molecular flexibility index (Phi) is 5.43. The maximum atomic E-state index is 12.5. The zero-order chi connectivity index (χ0) is 15.4. The molecule has 21 heavy (non-hydrogen) atoms. The Morgan fingerprint density at radius 3 is 2.52 bits per heavy atom. The summed E-state index contributed by atoms with van der Waals surface area (Å²) in [6.07, 6.45) is 0.816. The summed E-state index contributed by atoms with van der Waals surface area (Å²) in [5, 5.41) is 3.77. The van der Waals surface area contributed by atoms with Crippen molar-refractivity contribution in [2.24, 2.45) is 0 Å². The second-order valence-electron chi connectivity index (χ2n) is 4.92. The molecule has 0 aliphatic rings. The van der Waals surface area contributed by atoms with Crippen molar-refractivity contribution in [3.05, 3.63) is 68.7 Å². The number of aryl methyl sites for hydroxylation is 1. The van der Waals surface area contributed by atoms with E-state index in [0.717, 1.165) is 22.0 Å². The molecule has 0 saturated carbocycles. The molecule has 0 radical (unpaired) electrons. The lowest BCUT2D eigenvalue weighted by Gasteiger charge is -2.18. The minimum Gasteiger partial charge on any atom is -0.345 e. The Morgan fingerprint density at radius 1 is 1.24 bits per heavy atom. The summed E-state index contributed by atoms with van der Waals surface area (Å²) in [5.74, 6) is -0.0765. The molecule has 1 unspecified atom stereocenters. The summed E-state index contributed by atoms with van der Waals surface area (Å²) in [4.78, 5) is 12.5. The lowest BCUT2D eigenvalue weighted by Crippen LogP contribution is -2.28. The second kappa shape index (κ2) is 7.10. The lowest BCUT2D eigenvalue weighted by atomic mass is 10.0. The Bertz CT molecular complexity index is 640. The fraction of sp³-hybridized carbons (Fsp3) is 0.235. The molecule has 0 saturated heterocycles. The van der Waals surface area contributed by atoms with Crippen molar-refractivity contribution in [1.29, 1.82) is 0 Å². The van der Waals surface area contributed by atoms with Gasteiger partial charge in [0.2, 0.25) is 0 Å². The van der Waals surface area contributed by atoms with Gasteiger partial charge in [0, 0.05) is 9.50 Å². The summed E-state index contributed by atoms with van der Waals surface area (Å²) >= 11 is 9.39. The second-order valence-corrected chi connectivity index (χ2v) is 6.15. The average molecular weight is 367 g/mol. The highest BCUT2D eigenvalue weighted by Gasteiger charge is 2.16. The van der Waals surface area contributed by atoms with Crippen LogP contribution in [0.4, 0.5) is 0 Å². The molecule has 0 aliphatic carbocycles. The smallest absolute Gasteiger partial charge is 0.252 e. The van der Waals surface area contributed by atoms with Crippen LogP contribution in [0.3, 0.4) is 0 Å². The molecule has 1 amide bonds. The zero-order valence-electron chi connectivity index (χ0n) is 12.0. The standard InChI is InChI=1S/C17H17BrClNO/c1-3-15(12-7-9-13(19)10-8-12)20-17(21)14-6-4-5-11(2)16(14)18/h4-10,15H,3H2,1-2H3,(H,20,21). The van der Waals surface area contributed by atoms with Crippen LogP contribution < -0.4 is 5.32 Å². The highest BCUT2D eigenvalue weighted by molar-refractivity contribution is 9.10. The first kappa shape index (κ1) is 16.1. The summed E-state index contributed by atoms with van der Waals surface area (Å²) in [6, 6.07) is 13.2. The van der Waals surface area contributed by atoms with Crippen molar-refractivity contribution in [3.63, 3.8) is 0 Å². The molecule has 0 spiro atoms. The van der Waals surface area contributed by atoms with Crippen LogP contribution in [0.25, 0.3) is 0 Å². The monoisotopic (exact) mass is 365 g/mol. The van der Waals surface area contributed by atoms with E-state index in [9.17, 15) is 4.79 Å². The van der Waals surface area contributed by atoms with E-state index in [1.807, 2.05) is 56.3 Å². The molecule has 2 nitrogen and oxygen atoms in total. The highest BCUT2D eigenvalue weighted by atomic mass is 79.9. The zero-order valence-corrected chi connectivity index (χ0v) is 14.3. The van der Waals surface area contributed by atoms with Crippen LogP contribution >= 0.6 is 27.5 Å². The van der Waals surface area contributed by atoms with Crippen LogP contribution in [-0.4, -0.2) is 5.91 Å². The molecule has 110 valence electrons. The van der Waals surface area contributed by atoms with Crippen molar-refractivity contribution in [2.45, 2.75) is 26.3 Å². The predicted octanol–water partition coefficient (Wildman–Crippen LogP) is 5.29. The first-order chi connectivity index (χ1) is 10.0. The van der Waals surface area contributed by atoms with E-state index < -0.39 is 0 Å². The minimum absolute atomic E-state index is 0.0258. The van der Waals surface area contributed by atoms with Crippen molar-refractivity contribution in [2.75, 3.05) is 0 Å². The topological polar surface area (TPSA) is 29.1 Å². The minimum atomic E-state index is -0.0765. The summed E-state index contributed by atoms with van der Waals surface area (Å²) in [7, 11) is 0. The van der Waals surface area contributed by atoms with Crippen molar-refractivity contribution >= 4 is 33.4 Å². The van der Waals surface area contributed by atoms with E-state index in [1.165, 1.54) is 0 Å². The van der Waals surface area contributed by atoms with Gasteiger partial charge in [0.15, 0.2) is 0 Å². The fourth-order valence-corrected chi connectivity index (χ4v) is 2.75. The fourth-order valence-electron chi connectivity index (χ4n) is 2.17. The quantitative estimate of drug-likeness (QED) is 0.782. The first-order valence-electron chi connectivity index (χ1n) is 6.84. The largest absolute Gasteiger partial charge is 0.345 e. The van der Waals surface area contributed by atoms with E-state index >= 15 is 0 Å². The highest BCUT2D eigenvalue weighted by Crippen LogP contribution is 2.23.